The molecule has 0 aromatic heterocycles. The van der Waals surface area contributed by atoms with Gasteiger partial charge in [0, 0.05) is 0 Å². The smallest absolute Gasteiger partial charge is 0.205 e. The molecule has 6 heteroatoms. The first-order valence-corrected chi connectivity index (χ1v) is 8.29. The summed E-state index contributed by atoms with van der Waals surface area (Å²) in [5.74, 6) is 0. The molecule has 0 bridgehead atoms. The van der Waals surface area contributed by atoms with Crippen LogP contribution in [0.2, 0.25) is 0 Å². The van der Waals surface area contributed by atoms with Gasteiger partial charge in [-0.1, -0.05) is 48.5 Å². The first kappa shape index (κ1) is 15.9. The zero-order chi connectivity index (χ0) is 15.3. The molecular formula is C15H15ClFNO2S. The number of benzene rings is 2. The van der Waals surface area contributed by atoms with Crippen molar-refractivity contribution in [3.8, 4) is 0 Å². The van der Waals surface area contributed by atoms with Gasteiger partial charge in [-0.15, -0.1) is 16.1 Å². The number of sulfonamides is 1. The van der Waals surface area contributed by atoms with Crippen LogP contribution in [0.5, 0.6) is 0 Å². The maximum Gasteiger partial charge on any atom is 0.269 e. The molecule has 0 N–H and O–H groups in total. The Balaban J connectivity index is 2.02. The van der Waals surface area contributed by atoms with E-state index in [-0.39, 0.29) is 9.42 Å². The molecule has 1 unspecified atom stereocenters. The van der Waals surface area contributed by atoms with E-state index in [0.29, 0.717) is 6.42 Å². The Hall–Kier alpha value is -1.43. The fourth-order valence-corrected chi connectivity index (χ4v) is 3.38. The van der Waals surface area contributed by atoms with Crippen molar-refractivity contribution in [3.63, 3.8) is 0 Å². The van der Waals surface area contributed by atoms with E-state index in [1.807, 2.05) is 30.3 Å². The molecule has 0 spiro atoms. The van der Waals surface area contributed by atoms with Gasteiger partial charge in [0.15, 0.2) is 0 Å². The third-order valence-corrected chi connectivity index (χ3v) is 4.77. The molecule has 112 valence electrons. The summed E-state index contributed by atoms with van der Waals surface area (Å²) < 4.78 is 37.8. The van der Waals surface area contributed by atoms with Gasteiger partial charge in [-0.05, 0) is 28.6 Å². The molecule has 0 amide bonds. The van der Waals surface area contributed by atoms with Crippen molar-refractivity contribution in [2.75, 3.05) is 6.54 Å². The molecular weight excluding hydrogens is 313 g/mol. The highest BCUT2D eigenvalue weighted by molar-refractivity contribution is 7.89. The molecule has 0 saturated carbocycles. The fraction of sp³-hybridized carbons (Fsp3) is 0.200. The Morgan fingerprint density at radius 3 is 2.10 bits per heavy atom. The lowest BCUT2D eigenvalue weighted by Gasteiger charge is -2.16. The second kappa shape index (κ2) is 7.02. The van der Waals surface area contributed by atoms with E-state index in [4.69, 9.17) is 11.6 Å². The molecule has 1 atom stereocenters. The summed E-state index contributed by atoms with van der Waals surface area (Å²) in [4.78, 5) is -0.0870. The number of alkyl halides is 1. The van der Waals surface area contributed by atoms with Gasteiger partial charge in [-0.25, -0.2) is 8.42 Å². The minimum Gasteiger partial charge on any atom is -0.205 e. The van der Waals surface area contributed by atoms with Gasteiger partial charge in [0.05, 0.1) is 16.8 Å². The average molecular weight is 328 g/mol. The standard InChI is InChI=1S/C15H15ClFNO2S/c16-14(11-13-7-3-1-4-8-13)12-18(17)21(19,20)15-9-5-2-6-10-15/h1-10,14H,11-12H2. The molecule has 0 aliphatic carbocycles. The van der Waals surface area contributed by atoms with Crippen LogP contribution in [0.15, 0.2) is 65.6 Å². The minimum atomic E-state index is -4.14. The van der Waals surface area contributed by atoms with Crippen molar-refractivity contribution >= 4 is 21.6 Å². The van der Waals surface area contributed by atoms with Crippen molar-refractivity contribution in [2.45, 2.75) is 16.7 Å². The first-order valence-electron chi connectivity index (χ1n) is 6.41. The number of nitrogens with zero attached hydrogens (tertiary/aromatic N) is 1. The Bertz CT molecular complexity index is 665. The van der Waals surface area contributed by atoms with Crippen molar-refractivity contribution in [1.29, 1.82) is 0 Å². The predicted molar refractivity (Wildman–Crippen MR) is 81.2 cm³/mol. The average Bonchev–Trinajstić information content (AvgIpc) is 2.49. The van der Waals surface area contributed by atoms with Crippen LogP contribution >= 0.6 is 11.6 Å². The van der Waals surface area contributed by atoms with E-state index in [2.05, 4.69) is 0 Å². The summed E-state index contributed by atoms with van der Waals surface area (Å²) in [7, 11) is -4.14. The highest BCUT2D eigenvalue weighted by Crippen LogP contribution is 2.18. The van der Waals surface area contributed by atoms with E-state index in [1.54, 1.807) is 18.2 Å². The molecule has 0 saturated heterocycles. The first-order chi connectivity index (χ1) is 10.00. The highest BCUT2D eigenvalue weighted by atomic mass is 35.5. The Kier molecular flexibility index (Phi) is 5.33. The Morgan fingerprint density at radius 1 is 1.00 bits per heavy atom. The van der Waals surface area contributed by atoms with Crippen LogP contribution in [0.1, 0.15) is 5.56 Å². The van der Waals surface area contributed by atoms with Crippen LogP contribution in [0, 0.1) is 0 Å². The van der Waals surface area contributed by atoms with Gasteiger partial charge < -0.3 is 0 Å². The molecule has 0 radical (unpaired) electrons. The lowest BCUT2D eigenvalue weighted by atomic mass is 10.1. The lowest BCUT2D eigenvalue weighted by molar-refractivity contribution is 0.138. The van der Waals surface area contributed by atoms with Crippen LogP contribution < -0.4 is 0 Å². The highest BCUT2D eigenvalue weighted by Gasteiger charge is 2.26. The zero-order valence-electron chi connectivity index (χ0n) is 11.2. The maximum atomic E-state index is 14.0. The van der Waals surface area contributed by atoms with Gasteiger partial charge in [0.2, 0.25) is 0 Å². The quantitative estimate of drug-likeness (QED) is 0.602. The normalized spacial score (nSPS) is 13.3. The zero-order valence-corrected chi connectivity index (χ0v) is 12.8. The molecule has 2 rings (SSSR count). The fourth-order valence-electron chi connectivity index (χ4n) is 1.90. The third-order valence-electron chi connectivity index (χ3n) is 2.94. The number of rotatable bonds is 6. The second-order valence-corrected chi connectivity index (χ2v) is 7.01. The minimum absolute atomic E-state index is 0.0870. The van der Waals surface area contributed by atoms with Crippen LogP contribution in [0.4, 0.5) is 4.48 Å². The molecule has 2 aromatic rings. The van der Waals surface area contributed by atoms with Gasteiger partial charge in [-0.2, -0.15) is 0 Å². The van der Waals surface area contributed by atoms with Crippen LogP contribution in [-0.2, 0) is 16.4 Å². The topological polar surface area (TPSA) is 37.4 Å². The van der Waals surface area contributed by atoms with E-state index in [1.165, 1.54) is 12.1 Å². The maximum absolute atomic E-state index is 14.0. The molecule has 3 nitrogen and oxygen atoms in total. The van der Waals surface area contributed by atoms with Crippen molar-refractivity contribution < 1.29 is 12.9 Å². The van der Waals surface area contributed by atoms with Crippen molar-refractivity contribution in [2.24, 2.45) is 0 Å². The Labute approximate surface area is 129 Å². The number of hydrogen-bond donors (Lipinski definition) is 0. The summed E-state index contributed by atoms with van der Waals surface area (Å²) >= 11 is 6.06. The van der Waals surface area contributed by atoms with Crippen LogP contribution in [-0.4, -0.2) is 24.9 Å². The molecule has 0 aliphatic rings. The summed E-state index contributed by atoms with van der Waals surface area (Å²) in [5.41, 5.74) is 0.933. The largest absolute Gasteiger partial charge is 0.269 e. The summed E-state index contributed by atoms with van der Waals surface area (Å²) in [6, 6.07) is 16.8. The summed E-state index contributed by atoms with van der Waals surface area (Å²) in [6.07, 6.45) is 0.396. The molecule has 0 fully saturated rings. The van der Waals surface area contributed by atoms with Crippen molar-refractivity contribution in [1.82, 2.24) is 4.53 Å². The predicted octanol–water partition coefficient (Wildman–Crippen LogP) is 3.41. The molecule has 2 aromatic carbocycles. The van der Waals surface area contributed by atoms with Crippen LogP contribution in [0.25, 0.3) is 0 Å². The van der Waals surface area contributed by atoms with E-state index >= 15 is 0 Å². The summed E-state index contributed by atoms with van der Waals surface area (Å²) in [5, 5.41) is -0.643. The van der Waals surface area contributed by atoms with Gasteiger partial charge in [0.25, 0.3) is 10.0 Å². The van der Waals surface area contributed by atoms with E-state index in [9.17, 15) is 12.9 Å². The van der Waals surface area contributed by atoms with Crippen molar-refractivity contribution in [3.05, 3.63) is 66.2 Å². The summed E-state index contributed by atoms with van der Waals surface area (Å²) in [6.45, 7) is -0.395. The van der Waals surface area contributed by atoms with Gasteiger partial charge in [-0.3, -0.25) is 0 Å². The van der Waals surface area contributed by atoms with Crippen LogP contribution in [0.3, 0.4) is 0 Å². The van der Waals surface area contributed by atoms with E-state index in [0.717, 1.165) is 5.56 Å². The number of halogens is 2. The number of hydrogen-bond acceptors (Lipinski definition) is 2. The SMILES string of the molecule is O=S(=O)(c1ccccc1)N(F)CC(Cl)Cc1ccccc1. The molecule has 21 heavy (non-hydrogen) atoms. The van der Waals surface area contributed by atoms with E-state index < -0.39 is 21.9 Å². The van der Waals surface area contributed by atoms with Gasteiger partial charge >= 0.3 is 0 Å². The second-order valence-electron chi connectivity index (χ2n) is 4.58. The lowest BCUT2D eigenvalue weighted by Crippen LogP contribution is -2.30. The third kappa shape index (κ3) is 4.27. The monoisotopic (exact) mass is 327 g/mol. The Morgan fingerprint density at radius 2 is 1.52 bits per heavy atom. The molecule has 0 aliphatic heterocycles. The van der Waals surface area contributed by atoms with Gasteiger partial charge in [0.1, 0.15) is 0 Å². The molecule has 0 heterocycles.